The topological polar surface area (TPSA) is 46.5 Å². The number of ether oxygens (including phenoxy) is 1. The summed E-state index contributed by atoms with van der Waals surface area (Å²) in [6, 6.07) is 0. The Morgan fingerprint density at radius 3 is 2.78 bits per heavy atom. The highest BCUT2D eigenvalue weighted by Gasteiger charge is 2.14. The molecular formula is C5H9FO3. The lowest BCUT2D eigenvalue weighted by molar-refractivity contribution is -0.145. The fourth-order valence-corrected chi connectivity index (χ4v) is 0.293. The number of hydrogen-bond acceptors (Lipinski definition) is 2. The molecule has 4 heteroatoms. The predicted octanol–water partition coefficient (Wildman–Crippen LogP) is 0.446. The van der Waals surface area contributed by atoms with Crippen LogP contribution in [0.15, 0.2) is 0 Å². The summed E-state index contributed by atoms with van der Waals surface area (Å²) in [6.45, 7) is 1.66. The maximum atomic E-state index is 12.0. The van der Waals surface area contributed by atoms with Gasteiger partial charge in [-0.3, -0.25) is 0 Å². The first-order valence-electron chi connectivity index (χ1n) is 2.63. The van der Waals surface area contributed by atoms with E-state index in [1.165, 1.54) is 0 Å². The SMILES string of the molecule is CCOCC(F)C(=O)O. The van der Waals surface area contributed by atoms with Crippen LogP contribution in [0.25, 0.3) is 0 Å². The van der Waals surface area contributed by atoms with Gasteiger partial charge in [0.05, 0.1) is 6.61 Å². The predicted molar refractivity (Wildman–Crippen MR) is 29.0 cm³/mol. The van der Waals surface area contributed by atoms with Crippen LogP contribution in [0.3, 0.4) is 0 Å². The molecule has 0 heterocycles. The van der Waals surface area contributed by atoms with Gasteiger partial charge in [-0.15, -0.1) is 0 Å². The van der Waals surface area contributed by atoms with Crippen LogP contribution < -0.4 is 0 Å². The van der Waals surface area contributed by atoms with Crippen LogP contribution in [0.1, 0.15) is 6.92 Å². The molecule has 0 aliphatic carbocycles. The third-order valence-corrected chi connectivity index (χ3v) is 0.736. The van der Waals surface area contributed by atoms with E-state index in [2.05, 4.69) is 4.74 Å². The minimum absolute atomic E-state index is 0.341. The molecule has 3 nitrogen and oxygen atoms in total. The van der Waals surface area contributed by atoms with Gasteiger partial charge in [0.1, 0.15) is 0 Å². The van der Waals surface area contributed by atoms with E-state index in [-0.39, 0.29) is 6.61 Å². The van der Waals surface area contributed by atoms with E-state index < -0.39 is 12.1 Å². The lowest BCUT2D eigenvalue weighted by Crippen LogP contribution is -2.20. The molecule has 9 heavy (non-hydrogen) atoms. The highest BCUT2D eigenvalue weighted by molar-refractivity contribution is 5.72. The fraction of sp³-hybridized carbons (Fsp3) is 0.800. The Morgan fingerprint density at radius 2 is 2.44 bits per heavy atom. The van der Waals surface area contributed by atoms with E-state index in [9.17, 15) is 9.18 Å². The van der Waals surface area contributed by atoms with Crippen LogP contribution in [0.2, 0.25) is 0 Å². The van der Waals surface area contributed by atoms with E-state index in [0.717, 1.165) is 0 Å². The molecule has 1 atom stereocenters. The van der Waals surface area contributed by atoms with Gasteiger partial charge >= 0.3 is 5.97 Å². The van der Waals surface area contributed by atoms with Crippen LogP contribution in [0.4, 0.5) is 4.39 Å². The number of carboxylic acids is 1. The lowest BCUT2D eigenvalue weighted by Gasteiger charge is -2.00. The molecule has 0 radical (unpaired) electrons. The van der Waals surface area contributed by atoms with Crippen molar-refractivity contribution in [1.82, 2.24) is 0 Å². The Labute approximate surface area is 52.4 Å². The highest BCUT2D eigenvalue weighted by Crippen LogP contribution is 1.90. The van der Waals surface area contributed by atoms with E-state index in [1.54, 1.807) is 6.92 Å². The number of hydrogen-bond donors (Lipinski definition) is 1. The molecule has 1 N–H and O–H groups in total. The molecule has 0 aliphatic heterocycles. The first-order chi connectivity index (χ1) is 4.18. The summed E-state index contributed by atoms with van der Waals surface area (Å²) in [5.74, 6) is -1.47. The first-order valence-corrected chi connectivity index (χ1v) is 2.63. The Kier molecular flexibility index (Phi) is 3.96. The van der Waals surface area contributed by atoms with Crippen molar-refractivity contribution in [3.8, 4) is 0 Å². The number of rotatable bonds is 4. The normalized spacial score (nSPS) is 13.1. The van der Waals surface area contributed by atoms with Crippen molar-refractivity contribution < 1.29 is 19.0 Å². The summed E-state index contributed by atoms with van der Waals surface area (Å²) >= 11 is 0. The lowest BCUT2D eigenvalue weighted by atomic mass is 10.4. The molecule has 0 aliphatic rings. The van der Waals surface area contributed by atoms with Crippen molar-refractivity contribution in [3.63, 3.8) is 0 Å². The van der Waals surface area contributed by atoms with E-state index in [1.807, 2.05) is 0 Å². The minimum atomic E-state index is -1.88. The molecule has 0 aromatic carbocycles. The van der Waals surface area contributed by atoms with Crippen LogP contribution in [0, 0.1) is 0 Å². The van der Waals surface area contributed by atoms with E-state index >= 15 is 0 Å². The van der Waals surface area contributed by atoms with Crippen molar-refractivity contribution in [3.05, 3.63) is 0 Å². The Morgan fingerprint density at radius 1 is 1.89 bits per heavy atom. The van der Waals surface area contributed by atoms with Gasteiger partial charge in [-0.25, -0.2) is 9.18 Å². The molecule has 0 rings (SSSR count). The van der Waals surface area contributed by atoms with Crippen LogP contribution in [0.5, 0.6) is 0 Å². The Balaban J connectivity index is 3.27. The van der Waals surface area contributed by atoms with Gasteiger partial charge in [-0.05, 0) is 6.92 Å². The van der Waals surface area contributed by atoms with Crippen LogP contribution in [-0.4, -0.2) is 30.5 Å². The first kappa shape index (κ1) is 8.36. The van der Waals surface area contributed by atoms with Crippen LogP contribution in [-0.2, 0) is 9.53 Å². The van der Waals surface area contributed by atoms with Gasteiger partial charge in [0, 0.05) is 6.61 Å². The number of halogens is 1. The molecular weight excluding hydrogens is 127 g/mol. The highest BCUT2D eigenvalue weighted by atomic mass is 19.1. The van der Waals surface area contributed by atoms with Crippen molar-refractivity contribution >= 4 is 5.97 Å². The summed E-state index contributed by atoms with van der Waals surface area (Å²) in [5.41, 5.74) is 0. The van der Waals surface area contributed by atoms with Gasteiger partial charge in [0.25, 0.3) is 0 Å². The van der Waals surface area contributed by atoms with Crippen LogP contribution >= 0.6 is 0 Å². The van der Waals surface area contributed by atoms with E-state index in [0.29, 0.717) is 6.61 Å². The summed E-state index contributed by atoms with van der Waals surface area (Å²) < 4.78 is 16.5. The summed E-state index contributed by atoms with van der Waals surface area (Å²) in [4.78, 5) is 9.75. The average Bonchev–Trinajstić information content (AvgIpc) is 1.82. The van der Waals surface area contributed by atoms with Crippen molar-refractivity contribution in [1.29, 1.82) is 0 Å². The zero-order chi connectivity index (χ0) is 7.28. The minimum Gasteiger partial charge on any atom is -0.479 e. The zero-order valence-corrected chi connectivity index (χ0v) is 5.13. The second-order valence-corrected chi connectivity index (χ2v) is 1.47. The second-order valence-electron chi connectivity index (χ2n) is 1.47. The third-order valence-electron chi connectivity index (χ3n) is 0.736. The average molecular weight is 136 g/mol. The number of carboxylic acid groups (broad SMARTS) is 1. The van der Waals surface area contributed by atoms with E-state index in [4.69, 9.17) is 5.11 Å². The van der Waals surface area contributed by atoms with Gasteiger partial charge in [0.2, 0.25) is 6.17 Å². The molecule has 0 saturated heterocycles. The molecule has 0 bridgehead atoms. The Bertz CT molecular complexity index is 94.2. The van der Waals surface area contributed by atoms with Crippen molar-refractivity contribution in [2.24, 2.45) is 0 Å². The third kappa shape index (κ3) is 3.90. The smallest absolute Gasteiger partial charge is 0.340 e. The molecule has 0 aromatic rings. The molecule has 54 valence electrons. The summed E-state index contributed by atoms with van der Waals surface area (Å²) in [7, 11) is 0. The standard InChI is InChI=1S/C5H9FO3/c1-2-9-3-4(6)5(7)8/h4H,2-3H2,1H3,(H,7,8). The number of carbonyl (C=O) groups is 1. The maximum absolute atomic E-state index is 12.0. The molecule has 0 fully saturated rings. The largest absolute Gasteiger partial charge is 0.479 e. The summed E-state index contributed by atoms with van der Waals surface area (Å²) in [5, 5.41) is 7.95. The van der Waals surface area contributed by atoms with Gasteiger partial charge in [-0.1, -0.05) is 0 Å². The quantitative estimate of drug-likeness (QED) is 0.610. The fourth-order valence-electron chi connectivity index (χ4n) is 0.293. The van der Waals surface area contributed by atoms with Gasteiger partial charge in [0.15, 0.2) is 0 Å². The molecule has 0 amide bonds. The van der Waals surface area contributed by atoms with Gasteiger partial charge in [-0.2, -0.15) is 0 Å². The molecule has 0 spiro atoms. The van der Waals surface area contributed by atoms with Crippen molar-refractivity contribution in [2.75, 3.05) is 13.2 Å². The zero-order valence-electron chi connectivity index (χ0n) is 5.13. The molecule has 1 unspecified atom stereocenters. The molecule has 0 aromatic heterocycles. The second kappa shape index (κ2) is 4.26. The maximum Gasteiger partial charge on any atom is 0.340 e. The number of alkyl halides is 1. The summed E-state index contributed by atoms with van der Waals surface area (Å²) in [6.07, 6.45) is -1.88. The number of aliphatic carboxylic acids is 1. The van der Waals surface area contributed by atoms with Crippen molar-refractivity contribution in [2.45, 2.75) is 13.1 Å². The van der Waals surface area contributed by atoms with Gasteiger partial charge < -0.3 is 9.84 Å². The monoisotopic (exact) mass is 136 g/mol. The Hall–Kier alpha value is -0.640. The molecule has 0 saturated carbocycles.